The Balaban J connectivity index is 4.23. The summed E-state index contributed by atoms with van der Waals surface area (Å²) in [6.07, 6.45) is 4.96. The molecule has 102 valence electrons. The molecule has 0 aliphatic heterocycles. The average molecular weight is 272 g/mol. The van der Waals surface area contributed by atoms with Crippen molar-refractivity contribution in [3.63, 3.8) is 0 Å². The lowest BCUT2D eigenvalue weighted by Crippen LogP contribution is -2.15. The summed E-state index contributed by atoms with van der Waals surface area (Å²) in [6, 6.07) is 3.28. The maximum Gasteiger partial charge on any atom is 0.349 e. The van der Waals surface area contributed by atoms with Crippen molar-refractivity contribution >= 4 is 11.9 Å². The van der Waals surface area contributed by atoms with Crippen molar-refractivity contribution in [2.75, 3.05) is 13.2 Å². The van der Waals surface area contributed by atoms with Crippen molar-refractivity contribution in [3.8, 4) is 12.1 Å². The van der Waals surface area contributed by atoms with Gasteiger partial charge < -0.3 is 9.47 Å². The summed E-state index contributed by atoms with van der Waals surface area (Å²) in [4.78, 5) is 22.6. The molecule has 0 heterocycles. The minimum absolute atomic E-state index is 0.212. The molecular weight excluding hydrogens is 260 g/mol. The Kier molecular flexibility index (Phi) is 8.33. The highest BCUT2D eigenvalue weighted by atomic mass is 16.6. The molecule has 0 rings (SSSR count). The van der Waals surface area contributed by atoms with Gasteiger partial charge in [0.1, 0.15) is 36.5 Å². The smallest absolute Gasteiger partial charge is 0.349 e. The first-order valence-electron chi connectivity index (χ1n) is 5.40. The van der Waals surface area contributed by atoms with Crippen molar-refractivity contribution in [2.45, 2.75) is 0 Å². The maximum absolute atomic E-state index is 11.3. The Morgan fingerprint density at radius 2 is 1.25 bits per heavy atom. The van der Waals surface area contributed by atoms with E-state index in [0.717, 1.165) is 0 Å². The number of carbonyl (C=O) groups excluding carboxylic acids is 2. The van der Waals surface area contributed by atoms with Crippen molar-refractivity contribution in [1.82, 2.24) is 0 Å². The molecule has 0 radical (unpaired) electrons. The van der Waals surface area contributed by atoms with Crippen molar-refractivity contribution in [3.05, 3.63) is 48.6 Å². The number of rotatable bonds is 7. The third-order valence-corrected chi connectivity index (χ3v) is 1.80. The highest BCUT2D eigenvalue weighted by Gasteiger charge is 2.12. The van der Waals surface area contributed by atoms with E-state index in [1.54, 1.807) is 12.1 Å². The molecule has 0 saturated carbocycles. The minimum atomic E-state index is -0.842. The van der Waals surface area contributed by atoms with Gasteiger partial charge in [-0.2, -0.15) is 10.5 Å². The number of ether oxygens (including phenoxy) is 2. The van der Waals surface area contributed by atoms with Crippen LogP contribution in [0, 0.1) is 22.7 Å². The van der Waals surface area contributed by atoms with Gasteiger partial charge in [-0.1, -0.05) is 25.3 Å². The van der Waals surface area contributed by atoms with E-state index in [2.05, 4.69) is 13.2 Å². The Labute approximate surface area is 116 Å². The maximum atomic E-state index is 11.3. The van der Waals surface area contributed by atoms with Crippen LogP contribution in [0.25, 0.3) is 0 Å². The number of nitriles is 2. The zero-order valence-electron chi connectivity index (χ0n) is 10.7. The van der Waals surface area contributed by atoms with Crippen LogP contribution < -0.4 is 0 Å². The summed E-state index contributed by atoms with van der Waals surface area (Å²) < 4.78 is 9.39. The van der Waals surface area contributed by atoms with E-state index in [1.165, 1.54) is 24.3 Å². The van der Waals surface area contributed by atoms with Crippen LogP contribution in [0.15, 0.2) is 48.6 Å². The Hall–Kier alpha value is -3.12. The Morgan fingerprint density at radius 3 is 1.50 bits per heavy atom. The number of carbonyl (C=O) groups is 2. The molecule has 0 N–H and O–H groups in total. The fourth-order valence-electron chi connectivity index (χ4n) is 0.962. The van der Waals surface area contributed by atoms with Crippen LogP contribution >= 0.6 is 0 Å². The van der Waals surface area contributed by atoms with Gasteiger partial charge in [0.15, 0.2) is 0 Å². The molecule has 0 aromatic rings. The summed E-state index contributed by atoms with van der Waals surface area (Å²) >= 11 is 0. The number of hydrogen-bond acceptors (Lipinski definition) is 6. The summed E-state index contributed by atoms with van der Waals surface area (Å²) in [5, 5.41) is 17.3. The van der Waals surface area contributed by atoms with E-state index in [9.17, 15) is 9.59 Å². The first kappa shape index (κ1) is 16.9. The summed E-state index contributed by atoms with van der Waals surface area (Å²) in [5.74, 6) is -1.68. The highest BCUT2D eigenvalue weighted by molar-refractivity contribution is 5.93. The molecule has 0 saturated heterocycles. The molecule has 0 amide bonds. The molecule has 6 nitrogen and oxygen atoms in total. The van der Waals surface area contributed by atoms with E-state index in [0.29, 0.717) is 0 Å². The van der Waals surface area contributed by atoms with Crippen LogP contribution in [0.1, 0.15) is 0 Å². The van der Waals surface area contributed by atoms with E-state index in [4.69, 9.17) is 20.0 Å². The molecule has 0 fully saturated rings. The van der Waals surface area contributed by atoms with Crippen molar-refractivity contribution in [2.24, 2.45) is 0 Å². The summed E-state index contributed by atoms with van der Waals surface area (Å²) in [6.45, 7) is 6.24. The van der Waals surface area contributed by atoms with Crippen LogP contribution in [0.4, 0.5) is 0 Å². The lowest BCUT2D eigenvalue weighted by atomic mass is 10.3. The van der Waals surface area contributed by atoms with Gasteiger partial charge in [0, 0.05) is 0 Å². The topological polar surface area (TPSA) is 100 Å². The molecular formula is C14H12N2O4. The number of allylic oxidation sites excluding steroid dienone is 4. The fourth-order valence-corrected chi connectivity index (χ4v) is 0.962. The van der Waals surface area contributed by atoms with E-state index in [-0.39, 0.29) is 24.4 Å². The average Bonchev–Trinajstić information content (AvgIpc) is 2.46. The van der Waals surface area contributed by atoms with Gasteiger partial charge in [0.05, 0.1) is 0 Å². The number of hydrogen-bond donors (Lipinski definition) is 0. The lowest BCUT2D eigenvalue weighted by molar-refractivity contribution is -0.146. The van der Waals surface area contributed by atoms with Gasteiger partial charge in [-0.05, 0) is 12.2 Å². The second-order valence-electron chi connectivity index (χ2n) is 3.13. The minimum Gasteiger partial charge on any atom is -0.458 e. The second kappa shape index (κ2) is 9.86. The fraction of sp³-hybridized carbons (Fsp3) is 0.143. The predicted molar refractivity (Wildman–Crippen MR) is 69.7 cm³/mol. The second-order valence-corrected chi connectivity index (χ2v) is 3.13. The summed E-state index contributed by atoms with van der Waals surface area (Å²) in [7, 11) is 0. The van der Waals surface area contributed by atoms with Gasteiger partial charge in [-0.15, -0.1) is 0 Å². The lowest BCUT2D eigenvalue weighted by Gasteiger charge is -2.04. The van der Waals surface area contributed by atoms with Crippen LogP contribution in [0.3, 0.4) is 0 Å². The van der Waals surface area contributed by atoms with Crippen molar-refractivity contribution in [1.29, 1.82) is 10.5 Å². The monoisotopic (exact) mass is 272 g/mol. The number of esters is 2. The molecule has 0 spiro atoms. The van der Waals surface area contributed by atoms with Gasteiger partial charge in [-0.25, -0.2) is 9.59 Å². The van der Waals surface area contributed by atoms with E-state index < -0.39 is 11.9 Å². The standard InChI is InChI=1S/C14H12N2O4/c1-3-5-11(9-15)13(17)19-7-8-20-14(18)12(10-16)6-4-2/h3-6H,1-2,7-8H2. The summed E-state index contributed by atoms with van der Waals surface area (Å²) in [5.41, 5.74) is -0.425. The molecule has 6 heteroatoms. The third-order valence-electron chi connectivity index (χ3n) is 1.80. The molecule has 0 atom stereocenters. The first-order valence-corrected chi connectivity index (χ1v) is 5.40. The van der Waals surface area contributed by atoms with E-state index in [1.807, 2.05) is 0 Å². The molecule has 0 aromatic heterocycles. The largest absolute Gasteiger partial charge is 0.458 e. The van der Waals surface area contributed by atoms with Crippen LogP contribution in [-0.4, -0.2) is 25.2 Å². The van der Waals surface area contributed by atoms with Gasteiger partial charge in [0.2, 0.25) is 0 Å². The quantitative estimate of drug-likeness (QED) is 0.228. The molecule has 0 aromatic carbocycles. The van der Waals surface area contributed by atoms with Crippen LogP contribution in [-0.2, 0) is 19.1 Å². The zero-order chi connectivity index (χ0) is 15.4. The normalized spacial score (nSPS) is 10.7. The predicted octanol–water partition coefficient (Wildman–Crippen LogP) is 1.34. The highest BCUT2D eigenvalue weighted by Crippen LogP contribution is 1.99. The van der Waals surface area contributed by atoms with Gasteiger partial charge >= 0.3 is 11.9 Å². The Bertz CT molecular complexity index is 495. The molecule has 0 aliphatic carbocycles. The van der Waals surface area contributed by atoms with Gasteiger partial charge in [-0.3, -0.25) is 0 Å². The van der Waals surface area contributed by atoms with Gasteiger partial charge in [0.25, 0.3) is 0 Å². The van der Waals surface area contributed by atoms with E-state index >= 15 is 0 Å². The Morgan fingerprint density at radius 1 is 0.900 bits per heavy atom. The molecule has 20 heavy (non-hydrogen) atoms. The SMILES string of the molecule is C=CC=C(C#N)C(=O)OCCOC(=O)C(C#N)=CC=C. The van der Waals surface area contributed by atoms with Crippen LogP contribution in [0.2, 0.25) is 0 Å². The first-order chi connectivity index (χ1) is 9.60. The van der Waals surface area contributed by atoms with Crippen molar-refractivity contribution < 1.29 is 19.1 Å². The molecule has 0 aliphatic rings. The molecule has 0 unspecified atom stereocenters. The number of nitrogens with zero attached hydrogens (tertiary/aromatic N) is 2. The zero-order valence-corrected chi connectivity index (χ0v) is 10.7. The molecule has 0 bridgehead atoms. The third kappa shape index (κ3) is 5.99. The van der Waals surface area contributed by atoms with Crippen LogP contribution in [0.5, 0.6) is 0 Å².